The van der Waals surface area contributed by atoms with Gasteiger partial charge >= 0.3 is 11.9 Å². The van der Waals surface area contributed by atoms with Crippen LogP contribution >= 0.6 is 0 Å². The van der Waals surface area contributed by atoms with E-state index in [1.165, 1.54) is 13.8 Å². The summed E-state index contributed by atoms with van der Waals surface area (Å²) in [5.74, 6) is 0.0421. The molecule has 100 valence electrons. The van der Waals surface area contributed by atoms with Crippen LogP contribution < -0.4 is 0 Å². The summed E-state index contributed by atoms with van der Waals surface area (Å²) in [6, 6.07) is 0. The first kappa shape index (κ1) is 13.1. The van der Waals surface area contributed by atoms with Crippen LogP contribution in [0, 0.1) is 17.8 Å². The molecule has 2 aliphatic carbocycles. The van der Waals surface area contributed by atoms with Crippen molar-refractivity contribution < 1.29 is 23.9 Å². The van der Waals surface area contributed by atoms with Crippen molar-refractivity contribution in [3.8, 4) is 0 Å². The fourth-order valence-corrected chi connectivity index (χ4v) is 3.26. The lowest BCUT2D eigenvalue weighted by atomic mass is 9.92. The normalized spacial score (nSPS) is 34.2. The van der Waals surface area contributed by atoms with Gasteiger partial charge in [-0.2, -0.15) is 0 Å². The van der Waals surface area contributed by atoms with Crippen molar-refractivity contribution in [3.63, 3.8) is 0 Å². The Balaban J connectivity index is 2.04. The summed E-state index contributed by atoms with van der Waals surface area (Å²) in [5.41, 5.74) is 0. The minimum Gasteiger partial charge on any atom is -0.465 e. The summed E-state index contributed by atoms with van der Waals surface area (Å²) in [5, 5.41) is 0. The van der Waals surface area contributed by atoms with Gasteiger partial charge in [-0.05, 0) is 18.3 Å². The van der Waals surface area contributed by atoms with Gasteiger partial charge in [0.25, 0.3) is 0 Å². The molecule has 0 aromatic carbocycles. The fraction of sp³-hybridized carbons (Fsp3) is 0.769. The van der Waals surface area contributed by atoms with Gasteiger partial charge in [-0.25, -0.2) is 0 Å². The van der Waals surface area contributed by atoms with Crippen LogP contribution in [-0.4, -0.2) is 30.4 Å². The third-order valence-corrected chi connectivity index (χ3v) is 3.92. The highest BCUT2D eigenvalue weighted by molar-refractivity contribution is 5.81. The van der Waals surface area contributed by atoms with E-state index < -0.39 is 0 Å². The summed E-state index contributed by atoms with van der Waals surface area (Å²) in [6.07, 6.45) is 1.58. The number of esters is 2. The van der Waals surface area contributed by atoms with Crippen LogP contribution in [0.3, 0.4) is 0 Å². The highest BCUT2D eigenvalue weighted by Gasteiger charge is 2.49. The van der Waals surface area contributed by atoms with E-state index >= 15 is 0 Å². The lowest BCUT2D eigenvalue weighted by molar-refractivity contribution is -0.152. The van der Waals surface area contributed by atoms with Gasteiger partial charge in [-0.3, -0.25) is 14.4 Å². The average Bonchev–Trinajstić information content (AvgIpc) is 2.70. The number of Topliss-reactive ketones (excluding diaryl/α,β-unsaturated/α-hetero) is 1. The van der Waals surface area contributed by atoms with Gasteiger partial charge in [0.1, 0.15) is 11.9 Å². The smallest absolute Gasteiger partial charge is 0.302 e. The lowest BCUT2D eigenvalue weighted by Crippen LogP contribution is -2.29. The minimum absolute atomic E-state index is 0.0331. The number of carbonyl (C=O) groups is 3. The maximum absolute atomic E-state index is 11.5. The van der Waals surface area contributed by atoms with E-state index in [0.29, 0.717) is 19.3 Å². The van der Waals surface area contributed by atoms with Gasteiger partial charge in [0.2, 0.25) is 0 Å². The van der Waals surface area contributed by atoms with Gasteiger partial charge in [-0.1, -0.05) is 0 Å². The zero-order valence-electron chi connectivity index (χ0n) is 10.7. The molecule has 0 aliphatic heterocycles. The van der Waals surface area contributed by atoms with Crippen LogP contribution in [-0.2, 0) is 23.9 Å². The van der Waals surface area contributed by atoms with E-state index in [1.807, 2.05) is 0 Å². The molecule has 2 rings (SSSR count). The van der Waals surface area contributed by atoms with Crippen LogP contribution in [0.5, 0.6) is 0 Å². The van der Waals surface area contributed by atoms with Crippen LogP contribution in [0.15, 0.2) is 0 Å². The predicted molar refractivity (Wildman–Crippen MR) is 61.5 cm³/mol. The Morgan fingerprint density at radius 1 is 1.22 bits per heavy atom. The topological polar surface area (TPSA) is 69.7 Å². The summed E-state index contributed by atoms with van der Waals surface area (Å²) >= 11 is 0. The second kappa shape index (κ2) is 5.08. The minimum atomic E-state index is -0.343. The predicted octanol–water partition coefficient (Wildman–Crippen LogP) is 1.10. The van der Waals surface area contributed by atoms with E-state index in [0.717, 1.165) is 0 Å². The number of rotatable bonds is 3. The van der Waals surface area contributed by atoms with E-state index in [4.69, 9.17) is 9.47 Å². The van der Waals surface area contributed by atoms with Gasteiger partial charge in [-0.15, -0.1) is 0 Å². The molecule has 0 aromatic heterocycles. The van der Waals surface area contributed by atoms with Crippen LogP contribution in [0.2, 0.25) is 0 Å². The SMILES string of the molecule is CC(=O)OC[C@@H]1[C@H]2CC(=O)C[C@H]2C[C@H]1OC(C)=O. The molecule has 0 radical (unpaired) electrons. The van der Waals surface area contributed by atoms with Gasteiger partial charge < -0.3 is 9.47 Å². The van der Waals surface area contributed by atoms with E-state index in [9.17, 15) is 14.4 Å². The van der Waals surface area contributed by atoms with Gasteiger partial charge in [0, 0.05) is 32.6 Å². The van der Waals surface area contributed by atoms with Crippen LogP contribution in [0.25, 0.3) is 0 Å². The van der Waals surface area contributed by atoms with Crippen molar-refractivity contribution in [1.29, 1.82) is 0 Å². The monoisotopic (exact) mass is 254 g/mol. The zero-order valence-corrected chi connectivity index (χ0v) is 10.7. The highest BCUT2D eigenvalue weighted by Crippen LogP contribution is 2.47. The first-order valence-corrected chi connectivity index (χ1v) is 6.29. The molecule has 2 saturated carbocycles. The molecule has 18 heavy (non-hydrogen) atoms. The first-order chi connectivity index (χ1) is 8.47. The van der Waals surface area contributed by atoms with E-state index in [-0.39, 0.29) is 48.2 Å². The fourth-order valence-electron chi connectivity index (χ4n) is 3.26. The van der Waals surface area contributed by atoms with Crippen molar-refractivity contribution in [2.45, 2.75) is 39.2 Å². The third kappa shape index (κ3) is 2.71. The van der Waals surface area contributed by atoms with E-state index in [2.05, 4.69) is 0 Å². The molecule has 0 unspecified atom stereocenters. The van der Waals surface area contributed by atoms with Crippen molar-refractivity contribution in [2.75, 3.05) is 6.61 Å². The maximum atomic E-state index is 11.5. The standard InChI is InChI=1S/C13H18O5/c1-7(14)17-6-12-11-5-10(16)3-9(11)4-13(12)18-8(2)15/h9,11-13H,3-6H2,1-2H3/t9-,11-,12+,13+/m0/s1. The Bertz CT molecular complexity index is 376. The maximum Gasteiger partial charge on any atom is 0.302 e. The first-order valence-electron chi connectivity index (χ1n) is 6.29. The molecule has 0 bridgehead atoms. The number of carbonyl (C=O) groups excluding carboxylic acids is 3. The quantitative estimate of drug-likeness (QED) is 0.705. The molecule has 2 fully saturated rings. The molecule has 0 N–H and O–H groups in total. The van der Waals surface area contributed by atoms with Crippen molar-refractivity contribution in [2.24, 2.45) is 17.8 Å². The van der Waals surface area contributed by atoms with Crippen molar-refractivity contribution in [3.05, 3.63) is 0 Å². The van der Waals surface area contributed by atoms with Crippen LogP contribution in [0.4, 0.5) is 0 Å². The largest absolute Gasteiger partial charge is 0.465 e. The molecule has 0 amide bonds. The molecule has 4 atom stereocenters. The summed E-state index contributed by atoms with van der Waals surface area (Å²) in [4.78, 5) is 33.4. The molecule has 0 heterocycles. The zero-order chi connectivity index (χ0) is 13.3. The third-order valence-electron chi connectivity index (χ3n) is 3.92. The van der Waals surface area contributed by atoms with Crippen molar-refractivity contribution in [1.82, 2.24) is 0 Å². The molecule has 0 aromatic rings. The Kier molecular flexibility index (Phi) is 3.68. The number of hydrogen-bond donors (Lipinski definition) is 0. The highest BCUT2D eigenvalue weighted by atomic mass is 16.6. The van der Waals surface area contributed by atoms with E-state index in [1.54, 1.807) is 0 Å². The lowest BCUT2D eigenvalue weighted by Gasteiger charge is -2.22. The van der Waals surface area contributed by atoms with Crippen molar-refractivity contribution >= 4 is 17.7 Å². The number of fused-ring (bicyclic) bond motifs is 1. The molecule has 2 aliphatic rings. The Hall–Kier alpha value is -1.39. The number of ether oxygens (including phenoxy) is 2. The molecular weight excluding hydrogens is 236 g/mol. The average molecular weight is 254 g/mol. The second-order valence-electron chi connectivity index (χ2n) is 5.22. The molecule has 0 spiro atoms. The number of hydrogen-bond acceptors (Lipinski definition) is 5. The summed E-state index contributed by atoms with van der Waals surface area (Å²) in [7, 11) is 0. The molecule has 5 heteroatoms. The molecule has 0 saturated heterocycles. The Morgan fingerprint density at radius 2 is 1.94 bits per heavy atom. The second-order valence-corrected chi connectivity index (χ2v) is 5.22. The summed E-state index contributed by atoms with van der Waals surface area (Å²) in [6.45, 7) is 2.97. The summed E-state index contributed by atoms with van der Waals surface area (Å²) < 4.78 is 10.3. The molecular formula is C13H18O5. The molecule has 5 nitrogen and oxygen atoms in total. The number of ketones is 1. The van der Waals surface area contributed by atoms with Gasteiger partial charge in [0.15, 0.2) is 0 Å². The van der Waals surface area contributed by atoms with Gasteiger partial charge in [0.05, 0.1) is 6.61 Å². The Labute approximate surface area is 106 Å². The van der Waals surface area contributed by atoms with Crippen LogP contribution in [0.1, 0.15) is 33.1 Å². The Morgan fingerprint density at radius 3 is 2.56 bits per heavy atom.